The van der Waals surface area contributed by atoms with Gasteiger partial charge in [0.25, 0.3) is 0 Å². The van der Waals surface area contributed by atoms with E-state index in [0.29, 0.717) is 5.56 Å². The molecule has 4 atom stereocenters. The number of ether oxygens (including phenoxy) is 2. The number of hydrogen-bond donors (Lipinski definition) is 4. The van der Waals surface area contributed by atoms with Gasteiger partial charge in [-0.3, -0.25) is 0 Å². The van der Waals surface area contributed by atoms with E-state index in [1.54, 1.807) is 12.1 Å². The van der Waals surface area contributed by atoms with Crippen molar-refractivity contribution in [3.05, 3.63) is 35.9 Å². The molecule has 0 spiro atoms. The molecule has 114 valence electrons. The first-order valence-corrected chi connectivity index (χ1v) is 6.31. The highest BCUT2D eigenvalue weighted by Crippen LogP contribution is 2.22. The second-order valence-electron chi connectivity index (χ2n) is 4.56. The molecule has 4 N–H and O–H groups in total. The molecule has 2 rings (SSSR count). The number of benzene rings is 1. The minimum Gasteiger partial charge on any atom is -0.508 e. The zero-order chi connectivity index (χ0) is 15.4. The molecule has 0 unspecified atom stereocenters. The van der Waals surface area contributed by atoms with E-state index >= 15 is 0 Å². The van der Waals surface area contributed by atoms with Crippen molar-refractivity contribution >= 4 is 12.0 Å². The van der Waals surface area contributed by atoms with E-state index in [9.17, 15) is 15.0 Å². The minimum absolute atomic E-state index is 0.112. The molecule has 0 bridgehead atoms. The Morgan fingerprint density at radius 3 is 2.57 bits per heavy atom. The Morgan fingerprint density at radius 2 is 1.95 bits per heavy atom. The van der Waals surface area contributed by atoms with E-state index in [1.807, 2.05) is 0 Å². The summed E-state index contributed by atoms with van der Waals surface area (Å²) in [7, 11) is 0. The van der Waals surface area contributed by atoms with Gasteiger partial charge in [0.15, 0.2) is 12.4 Å². The van der Waals surface area contributed by atoms with Crippen LogP contribution in [0.1, 0.15) is 5.56 Å². The zero-order valence-electron chi connectivity index (χ0n) is 11.0. The molecular weight excluding hydrogens is 280 g/mol. The number of aromatic hydroxyl groups is 1. The van der Waals surface area contributed by atoms with Gasteiger partial charge in [-0.2, -0.15) is 0 Å². The van der Waals surface area contributed by atoms with Crippen LogP contribution in [0.3, 0.4) is 0 Å². The highest BCUT2D eigenvalue weighted by atomic mass is 16.7. The number of phenols is 1. The van der Waals surface area contributed by atoms with Crippen molar-refractivity contribution in [1.82, 2.24) is 0 Å². The SMILES string of the molecule is O=C(C=Cc1ccc(O)cc1)O[C@@H]1[C@@H](O)[C@H](O)O[C@H]1CO. The van der Waals surface area contributed by atoms with Crippen LogP contribution < -0.4 is 0 Å². The van der Waals surface area contributed by atoms with Crippen LogP contribution in [-0.2, 0) is 14.3 Å². The molecule has 0 aliphatic carbocycles. The fourth-order valence-corrected chi connectivity index (χ4v) is 1.93. The van der Waals surface area contributed by atoms with Gasteiger partial charge < -0.3 is 29.9 Å². The number of aliphatic hydroxyl groups is 3. The normalized spacial score (nSPS) is 28.9. The molecule has 1 saturated heterocycles. The van der Waals surface area contributed by atoms with Gasteiger partial charge in [-0.1, -0.05) is 12.1 Å². The number of esters is 1. The Bertz CT molecular complexity index is 511. The van der Waals surface area contributed by atoms with Crippen molar-refractivity contribution in [3.8, 4) is 5.75 Å². The Labute approximate surface area is 120 Å². The van der Waals surface area contributed by atoms with Crippen molar-refractivity contribution < 1.29 is 34.7 Å². The number of phenolic OH excluding ortho intramolecular Hbond substituents is 1. The lowest BCUT2D eigenvalue weighted by Gasteiger charge is -2.17. The molecule has 0 radical (unpaired) electrons. The predicted molar refractivity (Wildman–Crippen MR) is 71.0 cm³/mol. The summed E-state index contributed by atoms with van der Waals surface area (Å²) in [5.74, 6) is -0.635. The summed E-state index contributed by atoms with van der Waals surface area (Å²) in [5.41, 5.74) is 0.673. The summed E-state index contributed by atoms with van der Waals surface area (Å²) >= 11 is 0. The Kier molecular flexibility index (Phi) is 4.92. The van der Waals surface area contributed by atoms with Gasteiger partial charge in [0.1, 0.15) is 18.0 Å². The Hall–Kier alpha value is -1.93. The first kappa shape index (κ1) is 15.5. The molecule has 1 aromatic rings. The molecule has 1 aromatic carbocycles. The number of carbonyl (C=O) groups is 1. The molecule has 7 nitrogen and oxygen atoms in total. The van der Waals surface area contributed by atoms with Crippen molar-refractivity contribution in [3.63, 3.8) is 0 Å². The van der Waals surface area contributed by atoms with Crippen LogP contribution in [0.4, 0.5) is 0 Å². The summed E-state index contributed by atoms with van der Waals surface area (Å²) in [5, 5.41) is 37.1. The fourth-order valence-electron chi connectivity index (χ4n) is 1.93. The first-order valence-electron chi connectivity index (χ1n) is 6.31. The van der Waals surface area contributed by atoms with Gasteiger partial charge in [-0.05, 0) is 23.8 Å². The van der Waals surface area contributed by atoms with Crippen LogP contribution in [-0.4, -0.2) is 57.6 Å². The lowest BCUT2D eigenvalue weighted by Crippen LogP contribution is -2.38. The van der Waals surface area contributed by atoms with E-state index in [2.05, 4.69) is 0 Å². The van der Waals surface area contributed by atoms with Crippen LogP contribution >= 0.6 is 0 Å². The average Bonchev–Trinajstić information content (AvgIpc) is 2.74. The highest BCUT2D eigenvalue weighted by Gasteiger charge is 2.44. The number of hydrogen-bond acceptors (Lipinski definition) is 7. The molecule has 1 aliphatic rings. The van der Waals surface area contributed by atoms with Crippen molar-refractivity contribution in [2.24, 2.45) is 0 Å². The van der Waals surface area contributed by atoms with E-state index in [1.165, 1.54) is 18.2 Å². The van der Waals surface area contributed by atoms with Gasteiger partial charge in [-0.15, -0.1) is 0 Å². The summed E-state index contributed by atoms with van der Waals surface area (Å²) in [6, 6.07) is 6.15. The standard InChI is InChI=1S/C14H16O7/c15-7-10-13(12(18)14(19)20-10)21-11(17)6-3-8-1-4-9(16)5-2-8/h1-6,10,12-16,18-19H,7H2/t10-,12+,13-,14+/m0/s1. The third-order valence-corrected chi connectivity index (χ3v) is 3.05. The van der Waals surface area contributed by atoms with E-state index in [0.717, 1.165) is 6.08 Å². The van der Waals surface area contributed by atoms with Crippen LogP contribution in [0.5, 0.6) is 5.75 Å². The fraction of sp³-hybridized carbons (Fsp3) is 0.357. The van der Waals surface area contributed by atoms with Gasteiger partial charge in [0, 0.05) is 6.08 Å². The summed E-state index contributed by atoms with van der Waals surface area (Å²) < 4.78 is 9.81. The van der Waals surface area contributed by atoms with Crippen molar-refractivity contribution in [2.75, 3.05) is 6.61 Å². The third kappa shape index (κ3) is 3.79. The Balaban J connectivity index is 1.96. The lowest BCUT2D eigenvalue weighted by atomic mass is 10.1. The van der Waals surface area contributed by atoms with Crippen LogP contribution in [0.25, 0.3) is 6.08 Å². The molecule has 0 amide bonds. The second kappa shape index (κ2) is 6.68. The van der Waals surface area contributed by atoms with Crippen LogP contribution in [0.2, 0.25) is 0 Å². The number of carbonyl (C=O) groups excluding carboxylic acids is 1. The summed E-state index contributed by atoms with van der Waals surface area (Å²) in [6.45, 7) is -0.492. The maximum Gasteiger partial charge on any atom is 0.331 e. The average molecular weight is 296 g/mol. The Morgan fingerprint density at radius 1 is 1.29 bits per heavy atom. The second-order valence-corrected chi connectivity index (χ2v) is 4.56. The lowest BCUT2D eigenvalue weighted by molar-refractivity contribution is -0.150. The quantitative estimate of drug-likeness (QED) is 0.432. The molecule has 21 heavy (non-hydrogen) atoms. The zero-order valence-corrected chi connectivity index (χ0v) is 11.0. The predicted octanol–water partition coefficient (Wildman–Crippen LogP) is -0.612. The maximum atomic E-state index is 11.7. The largest absolute Gasteiger partial charge is 0.508 e. The molecule has 1 aliphatic heterocycles. The van der Waals surface area contributed by atoms with Gasteiger partial charge in [0.05, 0.1) is 6.61 Å². The highest BCUT2D eigenvalue weighted by molar-refractivity contribution is 5.87. The number of rotatable bonds is 4. The van der Waals surface area contributed by atoms with Crippen molar-refractivity contribution in [2.45, 2.75) is 24.6 Å². The topological polar surface area (TPSA) is 116 Å². The first-order chi connectivity index (χ1) is 10.0. The minimum atomic E-state index is -1.50. The molecule has 0 saturated carbocycles. The molecular formula is C14H16O7. The smallest absolute Gasteiger partial charge is 0.331 e. The molecule has 1 heterocycles. The van der Waals surface area contributed by atoms with Gasteiger partial charge in [0.2, 0.25) is 0 Å². The molecule has 7 heteroatoms. The van der Waals surface area contributed by atoms with Gasteiger partial charge in [-0.25, -0.2) is 4.79 Å². The van der Waals surface area contributed by atoms with Crippen LogP contribution in [0.15, 0.2) is 30.3 Å². The monoisotopic (exact) mass is 296 g/mol. The summed E-state index contributed by atoms with van der Waals surface area (Å²) in [6.07, 6.45) is -2.41. The van der Waals surface area contributed by atoms with Gasteiger partial charge >= 0.3 is 5.97 Å². The van der Waals surface area contributed by atoms with E-state index in [4.69, 9.17) is 19.7 Å². The maximum absolute atomic E-state index is 11.7. The van der Waals surface area contributed by atoms with Crippen molar-refractivity contribution in [1.29, 1.82) is 0 Å². The van der Waals surface area contributed by atoms with Crippen LogP contribution in [0, 0.1) is 0 Å². The number of aliphatic hydroxyl groups excluding tert-OH is 3. The third-order valence-electron chi connectivity index (χ3n) is 3.05. The summed E-state index contributed by atoms with van der Waals surface area (Å²) in [4.78, 5) is 11.7. The molecule has 1 fully saturated rings. The molecule has 0 aromatic heterocycles. The van der Waals surface area contributed by atoms with E-state index < -0.39 is 37.2 Å². The van der Waals surface area contributed by atoms with E-state index in [-0.39, 0.29) is 5.75 Å².